The van der Waals surface area contributed by atoms with Gasteiger partial charge in [-0.25, -0.2) is 0 Å². The van der Waals surface area contributed by atoms with E-state index in [-0.39, 0.29) is 0 Å². The molecular formula is C10H14N4O2. The van der Waals surface area contributed by atoms with Crippen molar-refractivity contribution in [2.75, 3.05) is 38.8 Å². The van der Waals surface area contributed by atoms with Crippen LogP contribution < -0.4 is 5.32 Å². The zero-order valence-electron chi connectivity index (χ0n) is 9.14. The van der Waals surface area contributed by atoms with E-state index in [9.17, 15) is 0 Å². The molecule has 0 aliphatic rings. The standard InChI is InChI=1S/C10H14N4O2/c1-15-6-7-16-5-4-12-10-9(8-11)2-3-13-14-10/h2-3H,4-7H2,1H3,(H,12,14). The normalized spacial score (nSPS) is 9.75. The topological polar surface area (TPSA) is 80.1 Å². The van der Waals surface area contributed by atoms with Gasteiger partial charge >= 0.3 is 0 Å². The van der Waals surface area contributed by atoms with Crippen molar-refractivity contribution in [3.8, 4) is 6.07 Å². The van der Waals surface area contributed by atoms with Crippen LogP contribution >= 0.6 is 0 Å². The number of rotatable bonds is 7. The number of hydrogen-bond donors (Lipinski definition) is 1. The summed E-state index contributed by atoms with van der Waals surface area (Å²) in [6, 6.07) is 3.64. The number of ether oxygens (including phenoxy) is 2. The van der Waals surface area contributed by atoms with Crippen molar-refractivity contribution < 1.29 is 9.47 Å². The smallest absolute Gasteiger partial charge is 0.166 e. The van der Waals surface area contributed by atoms with E-state index >= 15 is 0 Å². The molecule has 0 spiro atoms. The number of hydrogen-bond acceptors (Lipinski definition) is 6. The second kappa shape index (κ2) is 7.56. The number of anilines is 1. The molecule has 0 aliphatic heterocycles. The predicted octanol–water partition coefficient (Wildman–Crippen LogP) is 0.423. The second-order valence-electron chi connectivity index (χ2n) is 2.94. The van der Waals surface area contributed by atoms with Crippen LogP contribution in [0.4, 0.5) is 5.82 Å². The molecule has 0 aliphatic carbocycles. The second-order valence-corrected chi connectivity index (χ2v) is 2.94. The van der Waals surface area contributed by atoms with Crippen molar-refractivity contribution >= 4 is 5.82 Å². The average Bonchev–Trinajstić information content (AvgIpc) is 2.34. The Hall–Kier alpha value is -1.71. The Morgan fingerprint density at radius 2 is 2.31 bits per heavy atom. The van der Waals surface area contributed by atoms with E-state index in [1.807, 2.05) is 6.07 Å². The van der Waals surface area contributed by atoms with Crippen molar-refractivity contribution in [2.45, 2.75) is 0 Å². The Labute approximate surface area is 94.2 Å². The number of aromatic nitrogens is 2. The van der Waals surface area contributed by atoms with E-state index in [4.69, 9.17) is 14.7 Å². The molecule has 0 amide bonds. The van der Waals surface area contributed by atoms with E-state index in [1.165, 1.54) is 6.20 Å². The van der Waals surface area contributed by atoms with E-state index in [0.717, 1.165) is 0 Å². The van der Waals surface area contributed by atoms with Crippen LogP contribution in [0.2, 0.25) is 0 Å². The minimum atomic E-state index is 0.479. The quantitative estimate of drug-likeness (QED) is 0.673. The third-order valence-electron chi connectivity index (χ3n) is 1.81. The lowest BCUT2D eigenvalue weighted by atomic mass is 10.3. The van der Waals surface area contributed by atoms with Crippen molar-refractivity contribution in [1.82, 2.24) is 10.2 Å². The maximum atomic E-state index is 8.79. The first kappa shape index (κ1) is 12.4. The van der Waals surface area contributed by atoms with Gasteiger partial charge in [0.05, 0.1) is 31.6 Å². The maximum Gasteiger partial charge on any atom is 0.166 e. The molecule has 0 radical (unpaired) electrons. The summed E-state index contributed by atoms with van der Waals surface area (Å²) in [5, 5.41) is 19.3. The highest BCUT2D eigenvalue weighted by atomic mass is 16.5. The van der Waals surface area contributed by atoms with Crippen molar-refractivity contribution in [3.05, 3.63) is 17.8 Å². The first-order chi connectivity index (χ1) is 7.88. The fraction of sp³-hybridized carbons (Fsp3) is 0.500. The molecule has 1 N–H and O–H groups in total. The van der Waals surface area contributed by atoms with Gasteiger partial charge in [0.2, 0.25) is 0 Å². The molecule has 0 saturated heterocycles. The molecule has 0 atom stereocenters. The molecule has 86 valence electrons. The van der Waals surface area contributed by atoms with Crippen LogP contribution in [-0.4, -0.2) is 43.7 Å². The van der Waals surface area contributed by atoms with Gasteiger partial charge in [-0.05, 0) is 6.07 Å². The first-order valence-electron chi connectivity index (χ1n) is 4.91. The molecule has 1 aromatic heterocycles. The van der Waals surface area contributed by atoms with Gasteiger partial charge in [-0.15, -0.1) is 5.10 Å². The van der Waals surface area contributed by atoms with Gasteiger partial charge in [0.25, 0.3) is 0 Å². The number of methoxy groups -OCH3 is 1. The molecule has 1 heterocycles. The van der Waals surface area contributed by atoms with Gasteiger partial charge in [-0.2, -0.15) is 10.4 Å². The minimum Gasteiger partial charge on any atom is -0.382 e. The van der Waals surface area contributed by atoms with E-state index in [2.05, 4.69) is 15.5 Å². The Morgan fingerprint density at radius 1 is 1.44 bits per heavy atom. The van der Waals surface area contributed by atoms with Crippen LogP contribution in [0.25, 0.3) is 0 Å². The maximum absolute atomic E-state index is 8.79. The summed E-state index contributed by atoms with van der Waals surface area (Å²) >= 11 is 0. The van der Waals surface area contributed by atoms with Gasteiger partial charge in [-0.1, -0.05) is 0 Å². The van der Waals surface area contributed by atoms with Crippen molar-refractivity contribution in [3.63, 3.8) is 0 Å². The summed E-state index contributed by atoms with van der Waals surface area (Å²) in [5.41, 5.74) is 0.479. The molecule has 1 rings (SSSR count). The predicted molar refractivity (Wildman–Crippen MR) is 57.9 cm³/mol. The van der Waals surface area contributed by atoms with Gasteiger partial charge in [0.1, 0.15) is 6.07 Å². The third-order valence-corrected chi connectivity index (χ3v) is 1.81. The Bertz CT molecular complexity index is 351. The number of nitrogens with zero attached hydrogens (tertiary/aromatic N) is 3. The van der Waals surface area contributed by atoms with Crippen molar-refractivity contribution in [2.24, 2.45) is 0 Å². The molecule has 0 saturated carbocycles. The monoisotopic (exact) mass is 222 g/mol. The van der Waals surface area contributed by atoms with Gasteiger partial charge in [0, 0.05) is 13.7 Å². The molecule has 0 unspecified atom stereocenters. The third kappa shape index (κ3) is 4.21. The number of nitriles is 1. The van der Waals surface area contributed by atoms with Crippen LogP contribution in [0.1, 0.15) is 5.56 Å². The summed E-state index contributed by atoms with van der Waals surface area (Å²) in [7, 11) is 1.63. The zero-order valence-corrected chi connectivity index (χ0v) is 9.14. The summed E-state index contributed by atoms with van der Waals surface area (Å²) in [4.78, 5) is 0. The van der Waals surface area contributed by atoms with Gasteiger partial charge in [0.15, 0.2) is 5.82 Å². The fourth-order valence-electron chi connectivity index (χ4n) is 1.04. The molecule has 0 aromatic carbocycles. The van der Waals surface area contributed by atoms with Crippen LogP contribution in [0.3, 0.4) is 0 Å². The van der Waals surface area contributed by atoms with E-state index < -0.39 is 0 Å². The molecule has 6 heteroatoms. The van der Waals surface area contributed by atoms with Crippen molar-refractivity contribution in [1.29, 1.82) is 5.26 Å². The lowest BCUT2D eigenvalue weighted by Crippen LogP contribution is -2.13. The molecule has 0 bridgehead atoms. The molecular weight excluding hydrogens is 208 g/mol. The first-order valence-corrected chi connectivity index (χ1v) is 4.91. The SMILES string of the molecule is COCCOCCNc1nnccc1C#N. The van der Waals surface area contributed by atoms with Gasteiger partial charge < -0.3 is 14.8 Å². The molecule has 6 nitrogen and oxygen atoms in total. The Balaban J connectivity index is 2.24. The molecule has 1 aromatic rings. The Morgan fingerprint density at radius 3 is 3.06 bits per heavy atom. The lowest BCUT2D eigenvalue weighted by molar-refractivity contribution is 0.0759. The molecule has 0 fully saturated rings. The van der Waals surface area contributed by atoms with Crippen LogP contribution in [-0.2, 0) is 9.47 Å². The summed E-state index contributed by atoms with van der Waals surface area (Å²) < 4.78 is 10.1. The highest BCUT2D eigenvalue weighted by molar-refractivity contribution is 5.49. The summed E-state index contributed by atoms with van der Waals surface area (Å²) in [5.74, 6) is 0.486. The largest absolute Gasteiger partial charge is 0.382 e. The average molecular weight is 222 g/mol. The van der Waals surface area contributed by atoms with Crippen LogP contribution in [0.5, 0.6) is 0 Å². The summed E-state index contributed by atoms with van der Waals surface area (Å²) in [6.45, 7) is 2.25. The highest BCUT2D eigenvalue weighted by Crippen LogP contribution is 2.06. The van der Waals surface area contributed by atoms with Gasteiger partial charge in [-0.3, -0.25) is 0 Å². The van der Waals surface area contributed by atoms with E-state index in [1.54, 1.807) is 13.2 Å². The number of nitrogens with one attached hydrogen (secondary N) is 1. The van der Waals surface area contributed by atoms with Crippen LogP contribution in [0.15, 0.2) is 12.3 Å². The fourth-order valence-corrected chi connectivity index (χ4v) is 1.04. The van der Waals surface area contributed by atoms with Crippen LogP contribution in [0, 0.1) is 11.3 Å². The highest BCUT2D eigenvalue weighted by Gasteiger charge is 2.01. The minimum absolute atomic E-state index is 0.479. The van der Waals surface area contributed by atoms with E-state index in [0.29, 0.717) is 37.7 Å². The zero-order chi connectivity index (χ0) is 11.6. The lowest BCUT2D eigenvalue weighted by Gasteiger charge is -2.06. The summed E-state index contributed by atoms with van der Waals surface area (Å²) in [6.07, 6.45) is 1.48. The molecule has 16 heavy (non-hydrogen) atoms. The Kier molecular flexibility index (Phi) is 5.84.